The molecule has 1 aromatic rings. The molecule has 0 saturated carbocycles. The second-order valence-electron chi connectivity index (χ2n) is 2.57. The fourth-order valence-electron chi connectivity index (χ4n) is 0.974. The lowest BCUT2D eigenvalue weighted by atomic mass is 10.1. The number of carbonyl (C=O) groups excluding carboxylic acids is 1. The van der Waals surface area contributed by atoms with Crippen molar-refractivity contribution < 1.29 is 14.7 Å². The van der Waals surface area contributed by atoms with Crippen LogP contribution in [0.15, 0.2) is 6.20 Å². The minimum Gasteiger partial charge on any atom is -0.465 e. The van der Waals surface area contributed by atoms with E-state index >= 15 is 0 Å². The lowest BCUT2D eigenvalue weighted by Gasteiger charge is -2.07. The molecule has 6 heteroatoms. The second-order valence-corrected chi connectivity index (χ2v) is 2.93. The molecule has 0 aromatic carbocycles. The Labute approximate surface area is 84.7 Å². The molecule has 1 heterocycles. The third-order valence-corrected chi connectivity index (χ3v) is 1.91. The number of nitrogens with one attached hydrogen (secondary N) is 1. The van der Waals surface area contributed by atoms with Crippen LogP contribution in [0.1, 0.15) is 15.9 Å². The molecule has 0 radical (unpaired) electrons. The van der Waals surface area contributed by atoms with Gasteiger partial charge in [-0.15, -0.1) is 0 Å². The van der Waals surface area contributed by atoms with E-state index < -0.39 is 6.09 Å². The van der Waals surface area contributed by atoms with Crippen LogP contribution in [-0.2, 0) is 0 Å². The quantitative estimate of drug-likeness (QED) is 0.583. The number of aromatic nitrogens is 1. The van der Waals surface area contributed by atoms with Gasteiger partial charge in [-0.3, -0.25) is 10.1 Å². The lowest BCUT2D eigenvalue weighted by molar-refractivity contribution is 0.112. The Morgan fingerprint density at radius 1 is 1.71 bits per heavy atom. The molecule has 2 N–H and O–H groups in total. The first-order chi connectivity index (χ1) is 6.56. The normalized spacial score (nSPS) is 9.57. The zero-order valence-corrected chi connectivity index (χ0v) is 8.00. The maximum Gasteiger partial charge on any atom is 0.409 e. The summed E-state index contributed by atoms with van der Waals surface area (Å²) < 4.78 is 0. The van der Waals surface area contributed by atoms with Gasteiger partial charge in [-0.1, -0.05) is 11.6 Å². The highest BCUT2D eigenvalue weighted by Gasteiger charge is 2.12. The number of aryl methyl sites for hydroxylation is 1. The molecule has 0 spiro atoms. The predicted octanol–water partition coefficient (Wildman–Crippen LogP) is 1.95. The first-order valence-electron chi connectivity index (χ1n) is 3.66. The largest absolute Gasteiger partial charge is 0.465 e. The zero-order valence-electron chi connectivity index (χ0n) is 7.24. The molecule has 1 rings (SSSR count). The summed E-state index contributed by atoms with van der Waals surface area (Å²) in [4.78, 5) is 24.8. The van der Waals surface area contributed by atoms with Crippen molar-refractivity contribution in [2.24, 2.45) is 0 Å². The number of aldehydes is 1. The van der Waals surface area contributed by atoms with Gasteiger partial charge >= 0.3 is 6.09 Å². The smallest absolute Gasteiger partial charge is 0.409 e. The highest BCUT2D eigenvalue weighted by atomic mass is 35.5. The van der Waals surface area contributed by atoms with Gasteiger partial charge in [0, 0.05) is 11.8 Å². The molecule has 0 atom stereocenters. The van der Waals surface area contributed by atoms with Crippen LogP contribution < -0.4 is 5.32 Å². The Morgan fingerprint density at radius 3 is 2.86 bits per heavy atom. The molecular formula is C8H7ClN2O3. The number of pyridine rings is 1. The maximum atomic E-state index is 10.7. The third-order valence-electron chi connectivity index (χ3n) is 1.62. The van der Waals surface area contributed by atoms with Crippen LogP contribution in [0.5, 0.6) is 0 Å². The summed E-state index contributed by atoms with van der Waals surface area (Å²) >= 11 is 5.63. The topological polar surface area (TPSA) is 79.3 Å². The van der Waals surface area contributed by atoms with Gasteiger partial charge in [0.25, 0.3) is 0 Å². The summed E-state index contributed by atoms with van der Waals surface area (Å²) in [5.74, 6) is 0. The van der Waals surface area contributed by atoms with Crippen molar-refractivity contribution in [1.82, 2.24) is 4.98 Å². The van der Waals surface area contributed by atoms with E-state index in [1.807, 2.05) is 5.32 Å². The average molecular weight is 215 g/mol. The van der Waals surface area contributed by atoms with Crippen molar-refractivity contribution >= 4 is 29.7 Å². The summed E-state index contributed by atoms with van der Waals surface area (Å²) in [6, 6.07) is 0. The summed E-state index contributed by atoms with van der Waals surface area (Å²) in [5.41, 5.74) is 0.787. The van der Waals surface area contributed by atoms with Crippen LogP contribution in [-0.4, -0.2) is 22.5 Å². The van der Waals surface area contributed by atoms with E-state index in [9.17, 15) is 9.59 Å². The van der Waals surface area contributed by atoms with Crippen LogP contribution in [0, 0.1) is 6.92 Å². The Kier molecular flexibility index (Phi) is 3.03. The number of rotatable bonds is 2. The number of carboxylic acid groups (broad SMARTS) is 1. The highest BCUT2D eigenvalue weighted by molar-refractivity contribution is 6.33. The third kappa shape index (κ3) is 2.00. The summed E-state index contributed by atoms with van der Waals surface area (Å²) in [6.45, 7) is 1.64. The maximum absolute atomic E-state index is 10.7. The first-order valence-corrected chi connectivity index (χ1v) is 4.04. The van der Waals surface area contributed by atoms with Gasteiger partial charge in [0.05, 0.1) is 5.69 Å². The van der Waals surface area contributed by atoms with Crippen molar-refractivity contribution in [2.45, 2.75) is 6.92 Å². The fourth-order valence-corrected chi connectivity index (χ4v) is 1.17. The number of carbonyl (C=O) groups is 2. The van der Waals surface area contributed by atoms with Crippen molar-refractivity contribution in [1.29, 1.82) is 0 Å². The van der Waals surface area contributed by atoms with Crippen molar-refractivity contribution in [3.63, 3.8) is 0 Å². The van der Waals surface area contributed by atoms with Crippen LogP contribution in [0.2, 0.25) is 5.15 Å². The second kappa shape index (κ2) is 4.06. The average Bonchev–Trinajstić information content (AvgIpc) is 2.11. The highest BCUT2D eigenvalue weighted by Crippen LogP contribution is 2.24. The Balaban J connectivity index is 3.29. The van der Waals surface area contributed by atoms with Gasteiger partial charge in [-0.25, -0.2) is 9.78 Å². The van der Waals surface area contributed by atoms with Crippen LogP contribution in [0.25, 0.3) is 0 Å². The number of amides is 1. The predicted molar refractivity (Wildman–Crippen MR) is 51.0 cm³/mol. The minimum atomic E-state index is -1.29. The van der Waals surface area contributed by atoms with Crippen LogP contribution in [0.4, 0.5) is 10.5 Å². The number of nitrogens with zero attached hydrogens (tertiary/aromatic N) is 1. The molecule has 0 saturated heterocycles. The molecule has 14 heavy (non-hydrogen) atoms. The summed E-state index contributed by atoms with van der Waals surface area (Å²) in [5, 5.41) is 10.5. The molecule has 1 aromatic heterocycles. The molecule has 0 fully saturated rings. The minimum absolute atomic E-state index is 0.0224. The molecule has 5 nitrogen and oxygen atoms in total. The Hall–Kier alpha value is -1.62. The zero-order chi connectivity index (χ0) is 10.7. The number of anilines is 1. The van der Waals surface area contributed by atoms with Gasteiger partial charge in [0.1, 0.15) is 0 Å². The molecule has 0 bridgehead atoms. The van der Waals surface area contributed by atoms with E-state index in [4.69, 9.17) is 16.7 Å². The van der Waals surface area contributed by atoms with Crippen molar-refractivity contribution in [3.8, 4) is 0 Å². The van der Waals surface area contributed by atoms with Gasteiger partial charge < -0.3 is 5.11 Å². The molecule has 74 valence electrons. The van der Waals surface area contributed by atoms with Crippen molar-refractivity contribution in [3.05, 3.63) is 22.5 Å². The Morgan fingerprint density at radius 2 is 2.36 bits per heavy atom. The van der Waals surface area contributed by atoms with E-state index in [2.05, 4.69) is 4.98 Å². The molecule has 0 unspecified atom stereocenters. The standard InChI is InChI=1S/C8H7ClN2O3/c1-4-2-10-7(9)6(5(4)3-12)11-8(13)14/h2-3,11H,1H3,(H,13,14). The van der Waals surface area contributed by atoms with E-state index in [1.165, 1.54) is 6.20 Å². The van der Waals surface area contributed by atoms with Crippen LogP contribution in [0.3, 0.4) is 0 Å². The summed E-state index contributed by atoms with van der Waals surface area (Å²) in [6.07, 6.45) is 0.648. The first kappa shape index (κ1) is 10.5. The van der Waals surface area contributed by atoms with Crippen molar-refractivity contribution in [2.75, 3.05) is 5.32 Å². The van der Waals surface area contributed by atoms with Gasteiger partial charge in [-0.2, -0.15) is 0 Å². The van der Waals surface area contributed by atoms with Gasteiger partial charge in [0.15, 0.2) is 11.4 Å². The Bertz CT molecular complexity index is 392. The fraction of sp³-hybridized carbons (Fsp3) is 0.125. The lowest BCUT2D eigenvalue weighted by Crippen LogP contribution is -2.11. The number of hydrogen-bond acceptors (Lipinski definition) is 3. The van der Waals surface area contributed by atoms with Crippen LogP contribution >= 0.6 is 11.6 Å². The SMILES string of the molecule is Cc1cnc(Cl)c(NC(=O)O)c1C=O. The number of hydrogen-bond donors (Lipinski definition) is 2. The molecule has 0 aliphatic carbocycles. The molecule has 0 aliphatic heterocycles. The van der Waals surface area contributed by atoms with E-state index in [0.29, 0.717) is 11.8 Å². The summed E-state index contributed by atoms with van der Waals surface area (Å²) in [7, 11) is 0. The van der Waals surface area contributed by atoms with Gasteiger partial charge in [-0.05, 0) is 12.5 Å². The molecular weight excluding hydrogens is 208 g/mol. The number of halogens is 1. The van der Waals surface area contributed by atoms with E-state index in [-0.39, 0.29) is 16.4 Å². The van der Waals surface area contributed by atoms with Gasteiger partial charge in [0.2, 0.25) is 0 Å². The monoisotopic (exact) mass is 214 g/mol. The molecule has 1 amide bonds. The van der Waals surface area contributed by atoms with E-state index in [1.54, 1.807) is 6.92 Å². The van der Waals surface area contributed by atoms with E-state index in [0.717, 1.165) is 0 Å². The molecule has 0 aliphatic rings.